The van der Waals surface area contributed by atoms with Crippen LogP contribution in [0.15, 0.2) is 28.7 Å². The number of benzene rings is 1. The molecule has 3 atom stereocenters. The fraction of sp³-hybridized carbons (Fsp3) is 0.417. The van der Waals surface area contributed by atoms with Crippen LogP contribution < -0.4 is 5.73 Å². The molecule has 5 heteroatoms. The predicted octanol–water partition coefficient (Wildman–Crippen LogP) is 2.71. The molecule has 0 radical (unpaired) electrons. The van der Waals surface area contributed by atoms with Gasteiger partial charge in [0.2, 0.25) is 0 Å². The van der Waals surface area contributed by atoms with Gasteiger partial charge in [0.05, 0.1) is 6.04 Å². The Bertz CT molecular complexity index is 421. The Morgan fingerprint density at radius 1 is 1.53 bits per heavy atom. The zero-order valence-corrected chi connectivity index (χ0v) is 11.1. The molecule has 92 valence electrons. The molecule has 2 amide bonds. The van der Waals surface area contributed by atoms with E-state index in [4.69, 9.17) is 5.73 Å². The standard InChI is InChI=1S/C12H15BrN2O2/c1-7(15(17)12(14)16)10-6-11(10)8-2-4-9(13)5-3-8/h2-5,7,10-11,17H,6H2,1H3,(H2,14,16)/t7?,10-,11-/m0/s1. The minimum atomic E-state index is -0.793. The van der Waals surface area contributed by atoms with Gasteiger partial charge in [-0.15, -0.1) is 0 Å². The van der Waals surface area contributed by atoms with Crippen LogP contribution in [0, 0.1) is 5.92 Å². The molecule has 1 aromatic carbocycles. The fourth-order valence-electron chi connectivity index (χ4n) is 2.22. The number of nitrogens with two attached hydrogens (primary N) is 1. The van der Waals surface area contributed by atoms with E-state index in [9.17, 15) is 10.0 Å². The zero-order chi connectivity index (χ0) is 12.6. The maximum atomic E-state index is 10.9. The molecular formula is C12H15BrN2O2. The highest BCUT2D eigenvalue weighted by Crippen LogP contribution is 2.50. The van der Waals surface area contributed by atoms with Crippen LogP contribution in [0.1, 0.15) is 24.8 Å². The maximum Gasteiger partial charge on any atom is 0.338 e. The van der Waals surface area contributed by atoms with Gasteiger partial charge in [-0.05, 0) is 42.9 Å². The van der Waals surface area contributed by atoms with Crippen molar-refractivity contribution < 1.29 is 10.0 Å². The number of urea groups is 1. The third-order valence-electron chi connectivity index (χ3n) is 3.37. The van der Waals surface area contributed by atoms with Crippen LogP contribution in [-0.4, -0.2) is 22.3 Å². The van der Waals surface area contributed by atoms with E-state index < -0.39 is 6.03 Å². The number of nitrogens with zero attached hydrogens (tertiary/aromatic N) is 1. The van der Waals surface area contributed by atoms with Crippen molar-refractivity contribution in [3.8, 4) is 0 Å². The number of carbonyl (C=O) groups excluding carboxylic acids is 1. The molecule has 1 aliphatic carbocycles. The predicted molar refractivity (Wildman–Crippen MR) is 67.7 cm³/mol. The number of carbonyl (C=O) groups is 1. The SMILES string of the molecule is CC([C@@H]1C[C@H]1c1ccc(Br)cc1)N(O)C(N)=O. The molecule has 4 nitrogen and oxygen atoms in total. The third kappa shape index (κ3) is 2.61. The van der Waals surface area contributed by atoms with Crippen molar-refractivity contribution in [3.63, 3.8) is 0 Å². The number of halogens is 1. The summed E-state index contributed by atoms with van der Waals surface area (Å²) < 4.78 is 1.05. The lowest BCUT2D eigenvalue weighted by Gasteiger charge is -2.20. The smallest absolute Gasteiger partial charge is 0.338 e. The molecule has 17 heavy (non-hydrogen) atoms. The van der Waals surface area contributed by atoms with Crippen LogP contribution in [-0.2, 0) is 0 Å². The van der Waals surface area contributed by atoms with E-state index in [2.05, 4.69) is 28.1 Å². The van der Waals surface area contributed by atoms with E-state index in [1.54, 1.807) is 0 Å². The first kappa shape index (κ1) is 12.4. The van der Waals surface area contributed by atoms with Crippen molar-refractivity contribution in [2.75, 3.05) is 0 Å². The van der Waals surface area contributed by atoms with Crippen LogP contribution >= 0.6 is 15.9 Å². The molecule has 1 saturated carbocycles. The van der Waals surface area contributed by atoms with Crippen molar-refractivity contribution in [1.82, 2.24) is 5.06 Å². The number of amides is 2. The van der Waals surface area contributed by atoms with Gasteiger partial charge >= 0.3 is 6.03 Å². The number of rotatable bonds is 3. The van der Waals surface area contributed by atoms with Crippen molar-refractivity contribution in [2.24, 2.45) is 11.7 Å². The molecule has 1 aromatic rings. The Kier molecular flexibility index (Phi) is 3.40. The van der Waals surface area contributed by atoms with Crippen LogP contribution in [0.5, 0.6) is 0 Å². The highest BCUT2D eigenvalue weighted by Gasteiger charge is 2.44. The Labute approximate surface area is 108 Å². The Hall–Kier alpha value is -1.07. The van der Waals surface area contributed by atoms with Gasteiger partial charge in [0.25, 0.3) is 0 Å². The number of hydrogen-bond acceptors (Lipinski definition) is 2. The molecule has 3 N–H and O–H groups in total. The molecule has 0 spiro atoms. The first-order valence-electron chi connectivity index (χ1n) is 5.53. The normalized spacial score (nSPS) is 24.2. The van der Waals surface area contributed by atoms with Crippen LogP contribution in [0.2, 0.25) is 0 Å². The van der Waals surface area contributed by atoms with Gasteiger partial charge in [-0.25, -0.2) is 9.86 Å². The average molecular weight is 299 g/mol. The summed E-state index contributed by atoms with van der Waals surface area (Å²) in [4.78, 5) is 10.9. The topological polar surface area (TPSA) is 66.6 Å². The first-order chi connectivity index (χ1) is 8.00. The summed E-state index contributed by atoms with van der Waals surface area (Å²) in [5.41, 5.74) is 6.28. The average Bonchev–Trinajstić information content (AvgIpc) is 3.08. The third-order valence-corrected chi connectivity index (χ3v) is 3.90. The molecule has 0 saturated heterocycles. The van der Waals surface area contributed by atoms with Crippen LogP contribution in [0.4, 0.5) is 4.79 Å². The lowest BCUT2D eigenvalue weighted by molar-refractivity contribution is -0.0760. The van der Waals surface area contributed by atoms with Crippen LogP contribution in [0.25, 0.3) is 0 Å². The zero-order valence-electron chi connectivity index (χ0n) is 9.51. The molecule has 1 unspecified atom stereocenters. The summed E-state index contributed by atoms with van der Waals surface area (Å²) >= 11 is 3.39. The second-order valence-electron chi connectivity index (χ2n) is 4.48. The fourth-order valence-corrected chi connectivity index (χ4v) is 2.49. The minimum absolute atomic E-state index is 0.235. The number of hydrogen-bond donors (Lipinski definition) is 2. The quantitative estimate of drug-likeness (QED) is 0.665. The van der Waals surface area contributed by atoms with E-state index in [0.717, 1.165) is 10.9 Å². The second kappa shape index (κ2) is 4.66. The van der Waals surface area contributed by atoms with Gasteiger partial charge in [-0.2, -0.15) is 0 Å². The van der Waals surface area contributed by atoms with E-state index in [0.29, 0.717) is 11.0 Å². The van der Waals surface area contributed by atoms with Gasteiger partial charge in [0.15, 0.2) is 0 Å². The minimum Gasteiger partial charge on any atom is -0.350 e. The highest BCUT2D eigenvalue weighted by atomic mass is 79.9. The summed E-state index contributed by atoms with van der Waals surface area (Å²) in [5.74, 6) is 0.695. The van der Waals surface area contributed by atoms with E-state index in [1.165, 1.54) is 5.56 Å². The molecule has 0 bridgehead atoms. The first-order valence-corrected chi connectivity index (χ1v) is 6.33. The molecule has 2 rings (SSSR count). The summed E-state index contributed by atoms with van der Waals surface area (Å²) in [6.07, 6.45) is 0.979. The van der Waals surface area contributed by atoms with Gasteiger partial charge in [-0.1, -0.05) is 28.1 Å². The van der Waals surface area contributed by atoms with Crippen molar-refractivity contribution >= 4 is 22.0 Å². The van der Waals surface area contributed by atoms with Crippen LogP contribution in [0.3, 0.4) is 0 Å². The summed E-state index contributed by atoms with van der Waals surface area (Å²) in [6.45, 7) is 1.81. The van der Waals surface area contributed by atoms with Gasteiger partial charge < -0.3 is 5.73 Å². The van der Waals surface area contributed by atoms with Crippen molar-refractivity contribution in [2.45, 2.75) is 25.3 Å². The largest absolute Gasteiger partial charge is 0.350 e. The highest BCUT2D eigenvalue weighted by molar-refractivity contribution is 9.10. The Morgan fingerprint density at radius 2 is 2.12 bits per heavy atom. The van der Waals surface area contributed by atoms with E-state index >= 15 is 0 Å². The molecule has 0 heterocycles. The van der Waals surface area contributed by atoms with Crippen molar-refractivity contribution in [3.05, 3.63) is 34.3 Å². The lowest BCUT2D eigenvalue weighted by Crippen LogP contribution is -2.40. The molecule has 1 aliphatic rings. The molecule has 1 fully saturated rings. The van der Waals surface area contributed by atoms with Gasteiger partial charge in [0, 0.05) is 4.47 Å². The monoisotopic (exact) mass is 298 g/mol. The number of hydroxylamine groups is 2. The molecule has 0 aliphatic heterocycles. The van der Waals surface area contributed by atoms with Crippen molar-refractivity contribution in [1.29, 1.82) is 0 Å². The summed E-state index contributed by atoms with van der Waals surface area (Å²) in [7, 11) is 0. The van der Waals surface area contributed by atoms with Gasteiger partial charge in [0.1, 0.15) is 0 Å². The Balaban J connectivity index is 2.00. The van der Waals surface area contributed by atoms with E-state index in [-0.39, 0.29) is 12.0 Å². The lowest BCUT2D eigenvalue weighted by atomic mass is 10.1. The second-order valence-corrected chi connectivity index (χ2v) is 5.40. The molecule has 0 aromatic heterocycles. The van der Waals surface area contributed by atoms with E-state index in [1.807, 2.05) is 19.1 Å². The number of primary amides is 1. The maximum absolute atomic E-state index is 10.9. The Morgan fingerprint density at radius 3 is 2.65 bits per heavy atom. The van der Waals surface area contributed by atoms with Gasteiger partial charge in [-0.3, -0.25) is 5.21 Å². The summed E-state index contributed by atoms with van der Waals surface area (Å²) in [6, 6.07) is 7.10. The molecular weight excluding hydrogens is 284 g/mol. The summed E-state index contributed by atoms with van der Waals surface area (Å²) in [5, 5.41) is 10.1.